The number of amides is 1. The van der Waals surface area contributed by atoms with Crippen molar-refractivity contribution in [3.8, 4) is 11.5 Å². The number of carbonyl (C=O) groups is 1. The van der Waals surface area contributed by atoms with Gasteiger partial charge in [-0.3, -0.25) is 19.2 Å². The van der Waals surface area contributed by atoms with Crippen LogP contribution in [0.15, 0.2) is 42.5 Å². The Bertz CT molecular complexity index is 1060. The van der Waals surface area contributed by atoms with E-state index in [4.69, 9.17) is 9.47 Å². The fourth-order valence-corrected chi connectivity index (χ4v) is 4.09. The predicted octanol–water partition coefficient (Wildman–Crippen LogP) is 2.16. The second-order valence-electron chi connectivity index (χ2n) is 6.36. The van der Waals surface area contributed by atoms with Gasteiger partial charge in [0.2, 0.25) is 15.9 Å². The van der Waals surface area contributed by atoms with Crippen LogP contribution in [0.1, 0.15) is 6.92 Å². The molecular weight excluding hydrogens is 402 g/mol. The SMILES string of the molecule is CC(C(=O)Nc1ccc2c(c1)OCCO2)N(c1cccc([N+](=O)[O-])c1)S(C)(=O)=O. The van der Waals surface area contributed by atoms with Gasteiger partial charge < -0.3 is 14.8 Å². The zero-order chi connectivity index (χ0) is 21.2. The Morgan fingerprint density at radius 2 is 1.86 bits per heavy atom. The summed E-state index contributed by atoms with van der Waals surface area (Å²) < 4.78 is 36.4. The molecule has 1 atom stereocenters. The van der Waals surface area contributed by atoms with Gasteiger partial charge in [-0.25, -0.2) is 8.42 Å². The van der Waals surface area contributed by atoms with E-state index < -0.39 is 26.9 Å². The van der Waals surface area contributed by atoms with Crippen molar-refractivity contribution in [2.45, 2.75) is 13.0 Å². The Kier molecular flexibility index (Phi) is 5.59. The molecule has 1 unspecified atom stereocenters. The first-order chi connectivity index (χ1) is 13.7. The highest BCUT2D eigenvalue weighted by atomic mass is 32.2. The number of nitro benzene ring substituents is 1. The second-order valence-corrected chi connectivity index (χ2v) is 8.22. The number of hydrogen-bond acceptors (Lipinski definition) is 7. The molecule has 11 heteroatoms. The maximum atomic E-state index is 12.7. The first-order valence-corrected chi connectivity index (χ1v) is 10.5. The Morgan fingerprint density at radius 1 is 1.17 bits per heavy atom. The molecule has 1 aliphatic rings. The first-order valence-electron chi connectivity index (χ1n) is 8.61. The Balaban J connectivity index is 1.86. The van der Waals surface area contributed by atoms with Gasteiger partial charge in [0, 0.05) is 23.9 Å². The standard InChI is InChI=1S/C18H19N3O7S/c1-12(18(22)19-13-6-7-16-17(10-13)28-9-8-27-16)20(29(2,25)26)14-4-3-5-15(11-14)21(23)24/h3-7,10-12H,8-9H2,1-2H3,(H,19,22). The van der Waals surface area contributed by atoms with Crippen LogP contribution >= 0.6 is 0 Å². The molecule has 0 aliphatic carbocycles. The van der Waals surface area contributed by atoms with Crippen LogP contribution in [-0.2, 0) is 14.8 Å². The zero-order valence-corrected chi connectivity index (χ0v) is 16.5. The molecule has 2 aromatic carbocycles. The quantitative estimate of drug-likeness (QED) is 0.559. The van der Waals surface area contributed by atoms with E-state index in [1.165, 1.54) is 25.1 Å². The van der Waals surface area contributed by atoms with Crippen LogP contribution in [0.4, 0.5) is 17.1 Å². The van der Waals surface area contributed by atoms with Crippen molar-refractivity contribution in [1.29, 1.82) is 0 Å². The number of benzene rings is 2. The van der Waals surface area contributed by atoms with Crippen molar-refractivity contribution in [3.05, 3.63) is 52.6 Å². The van der Waals surface area contributed by atoms with Crippen LogP contribution in [-0.4, -0.2) is 44.8 Å². The highest BCUT2D eigenvalue weighted by Gasteiger charge is 2.30. The van der Waals surface area contributed by atoms with E-state index in [0.717, 1.165) is 16.6 Å². The van der Waals surface area contributed by atoms with E-state index in [1.54, 1.807) is 18.2 Å². The number of carbonyl (C=O) groups excluding carboxylic acids is 1. The van der Waals surface area contributed by atoms with Crippen LogP contribution in [0.5, 0.6) is 11.5 Å². The van der Waals surface area contributed by atoms with Gasteiger partial charge in [0.15, 0.2) is 11.5 Å². The molecule has 2 aromatic rings. The zero-order valence-electron chi connectivity index (χ0n) is 15.7. The van der Waals surface area contributed by atoms with E-state index in [1.807, 2.05) is 0 Å². The summed E-state index contributed by atoms with van der Waals surface area (Å²) in [7, 11) is -3.91. The maximum absolute atomic E-state index is 12.7. The van der Waals surface area contributed by atoms with Gasteiger partial charge in [-0.2, -0.15) is 0 Å². The Labute approximate surface area is 167 Å². The Hall–Kier alpha value is -3.34. The van der Waals surface area contributed by atoms with E-state index in [2.05, 4.69) is 5.32 Å². The first kappa shape index (κ1) is 20.4. The van der Waals surface area contributed by atoms with Crippen LogP contribution < -0.4 is 19.1 Å². The number of sulfonamides is 1. The summed E-state index contributed by atoms with van der Waals surface area (Å²) in [4.78, 5) is 23.1. The predicted molar refractivity (Wildman–Crippen MR) is 106 cm³/mol. The summed E-state index contributed by atoms with van der Waals surface area (Å²) in [5, 5.41) is 13.7. The summed E-state index contributed by atoms with van der Waals surface area (Å²) in [6.07, 6.45) is 0.930. The molecule has 1 heterocycles. The summed E-state index contributed by atoms with van der Waals surface area (Å²) in [6, 6.07) is 8.76. The van der Waals surface area contributed by atoms with Gasteiger partial charge in [0.25, 0.3) is 5.69 Å². The molecule has 0 bridgehead atoms. The van der Waals surface area contributed by atoms with Crippen molar-refractivity contribution >= 4 is 33.0 Å². The lowest BCUT2D eigenvalue weighted by Gasteiger charge is -2.28. The fraction of sp³-hybridized carbons (Fsp3) is 0.278. The molecule has 0 fully saturated rings. The largest absolute Gasteiger partial charge is 0.486 e. The maximum Gasteiger partial charge on any atom is 0.271 e. The van der Waals surface area contributed by atoms with Crippen LogP contribution in [0.3, 0.4) is 0 Å². The van der Waals surface area contributed by atoms with Gasteiger partial charge >= 0.3 is 0 Å². The molecular formula is C18H19N3O7S. The lowest BCUT2D eigenvalue weighted by Crippen LogP contribution is -2.45. The normalized spacial score (nSPS) is 14.0. The van der Waals surface area contributed by atoms with E-state index in [-0.39, 0.29) is 11.4 Å². The van der Waals surface area contributed by atoms with Gasteiger partial charge in [-0.1, -0.05) is 6.07 Å². The number of ether oxygens (including phenoxy) is 2. The van der Waals surface area contributed by atoms with Crippen LogP contribution in [0, 0.1) is 10.1 Å². The number of non-ortho nitro benzene ring substituents is 1. The molecule has 1 aliphatic heterocycles. The fourth-order valence-electron chi connectivity index (χ4n) is 2.92. The average molecular weight is 421 g/mol. The number of rotatable bonds is 6. The van der Waals surface area contributed by atoms with Crippen molar-refractivity contribution in [3.63, 3.8) is 0 Å². The van der Waals surface area contributed by atoms with Gasteiger partial charge in [-0.05, 0) is 25.1 Å². The molecule has 0 radical (unpaired) electrons. The molecule has 0 spiro atoms. The summed E-state index contributed by atoms with van der Waals surface area (Å²) in [5.74, 6) is 0.413. The highest BCUT2D eigenvalue weighted by Crippen LogP contribution is 2.33. The molecule has 0 saturated carbocycles. The average Bonchev–Trinajstić information content (AvgIpc) is 2.67. The monoisotopic (exact) mass is 421 g/mol. The third kappa shape index (κ3) is 4.57. The number of hydrogen-bond donors (Lipinski definition) is 1. The second kappa shape index (κ2) is 7.95. The van der Waals surface area contributed by atoms with Crippen LogP contribution in [0.2, 0.25) is 0 Å². The Morgan fingerprint density at radius 3 is 2.52 bits per heavy atom. The lowest BCUT2D eigenvalue weighted by molar-refractivity contribution is -0.384. The minimum atomic E-state index is -3.91. The molecule has 0 saturated heterocycles. The molecule has 1 N–H and O–H groups in total. The summed E-state index contributed by atoms with van der Waals surface area (Å²) in [6.45, 7) is 2.21. The molecule has 154 valence electrons. The van der Waals surface area contributed by atoms with Crippen molar-refractivity contribution in [2.24, 2.45) is 0 Å². The number of nitrogens with one attached hydrogen (secondary N) is 1. The minimum absolute atomic E-state index is 0.0199. The van der Waals surface area contributed by atoms with Crippen molar-refractivity contribution in [1.82, 2.24) is 0 Å². The minimum Gasteiger partial charge on any atom is -0.486 e. The highest BCUT2D eigenvalue weighted by molar-refractivity contribution is 7.92. The van der Waals surface area contributed by atoms with Gasteiger partial charge in [-0.15, -0.1) is 0 Å². The summed E-state index contributed by atoms with van der Waals surface area (Å²) in [5.41, 5.74) is 0.140. The molecule has 29 heavy (non-hydrogen) atoms. The van der Waals surface area contributed by atoms with Gasteiger partial charge in [0.1, 0.15) is 19.3 Å². The molecule has 10 nitrogen and oxygen atoms in total. The number of nitro groups is 1. The number of nitrogens with zero attached hydrogens (tertiary/aromatic N) is 2. The smallest absolute Gasteiger partial charge is 0.271 e. The third-order valence-electron chi connectivity index (χ3n) is 4.19. The molecule has 0 aromatic heterocycles. The van der Waals surface area contributed by atoms with Crippen molar-refractivity contribution in [2.75, 3.05) is 29.1 Å². The lowest BCUT2D eigenvalue weighted by atomic mass is 10.2. The van der Waals surface area contributed by atoms with E-state index in [9.17, 15) is 23.3 Å². The third-order valence-corrected chi connectivity index (χ3v) is 5.43. The van der Waals surface area contributed by atoms with E-state index in [0.29, 0.717) is 30.4 Å². The van der Waals surface area contributed by atoms with Crippen LogP contribution in [0.25, 0.3) is 0 Å². The summed E-state index contributed by atoms with van der Waals surface area (Å²) >= 11 is 0. The topological polar surface area (TPSA) is 128 Å². The number of fused-ring (bicyclic) bond motifs is 1. The van der Waals surface area contributed by atoms with Gasteiger partial charge in [0.05, 0.1) is 16.9 Å². The van der Waals surface area contributed by atoms with E-state index >= 15 is 0 Å². The van der Waals surface area contributed by atoms with Crippen molar-refractivity contribution < 1.29 is 27.6 Å². The molecule has 3 rings (SSSR count). The molecule has 1 amide bonds. The number of anilines is 2.